The molecule has 0 N–H and O–H groups in total. The highest BCUT2D eigenvalue weighted by atomic mass is 15.3. The molecule has 0 aromatic carbocycles. The van der Waals surface area contributed by atoms with Crippen LogP contribution in [0.4, 0.5) is 0 Å². The van der Waals surface area contributed by atoms with Crippen molar-refractivity contribution in [2.24, 2.45) is 0 Å². The zero-order chi connectivity index (χ0) is 10.3. The lowest BCUT2D eigenvalue weighted by molar-refractivity contribution is 0.748. The third-order valence-corrected chi connectivity index (χ3v) is 2.55. The van der Waals surface area contributed by atoms with Crippen molar-refractivity contribution in [3.8, 4) is 0 Å². The average molecular weight is 189 g/mol. The van der Waals surface area contributed by atoms with Gasteiger partial charge in [0, 0.05) is 0 Å². The van der Waals surface area contributed by atoms with Gasteiger partial charge in [0.2, 0.25) is 0 Å². The largest absolute Gasteiger partial charge is 0.235 e. The summed E-state index contributed by atoms with van der Waals surface area (Å²) in [5.74, 6) is 0.458. The van der Waals surface area contributed by atoms with E-state index in [4.69, 9.17) is 0 Å². The standard InChI is InChI=1S/C11H15N3/c1-7(2)10-6-12-11-5-8(3)9(4)13-14(10)11/h5-7H,1-4H3. The topological polar surface area (TPSA) is 30.2 Å². The number of aryl methyl sites for hydroxylation is 2. The molecule has 3 nitrogen and oxygen atoms in total. The third-order valence-electron chi connectivity index (χ3n) is 2.55. The molecule has 0 radical (unpaired) electrons. The number of nitrogens with zero attached hydrogens (tertiary/aromatic N) is 3. The average Bonchev–Trinajstić information content (AvgIpc) is 2.48. The summed E-state index contributed by atoms with van der Waals surface area (Å²) in [6.45, 7) is 8.39. The number of hydrogen-bond acceptors (Lipinski definition) is 2. The molecule has 2 aromatic heterocycles. The van der Waals surface area contributed by atoms with Crippen molar-refractivity contribution in [1.29, 1.82) is 0 Å². The quantitative estimate of drug-likeness (QED) is 0.689. The molecule has 0 bridgehead atoms. The van der Waals surface area contributed by atoms with Gasteiger partial charge >= 0.3 is 0 Å². The highest BCUT2D eigenvalue weighted by Gasteiger charge is 2.08. The number of fused-ring (bicyclic) bond motifs is 1. The van der Waals surface area contributed by atoms with Gasteiger partial charge in [-0.25, -0.2) is 9.50 Å². The summed E-state index contributed by atoms with van der Waals surface area (Å²) in [5, 5.41) is 4.51. The molecule has 0 aliphatic heterocycles. The predicted octanol–water partition coefficient (Wildman–Crippen LogP) is 2.47. The summed E-state index contributed by atoms with van der Waals surface area (Å²) >= 11 is 0. The first-order valence-corrected chi connectivity index (χ1v) is 4.91. The van der Waals surface area contributed by atoms with Gasteiger partial charge in [-0.15, -0.1) is 0 Å². The zero-order valence-corrected chi connectivity index (χ0v) is 9.07. The van der Waals surface area contributed by atoms with Crippen molar-refractivity contribution in [1.82, 2.24) is 14.6 Å². The molecular weight excluding hydrogens is 174 g/mol. The Labute approximate surface area is 83.8 Å². The molecule has 14 heavy (non-hydrogen) atoms. The Bertz CT molecular complexity index is 469. The van der Waals surface area contributed by atoms with Crippen LogP contribution in [0.2, 0.25) is 0 Å². The fourth-order valence-electron chi connectivity index (χ4n) is 1.50. The summed E-state index contributed by atoms with van der Waals surface area (Å²) < 4.78 is 1.94. The minimum absolute atomic E-state index is 0.458. The molecule has 0 aliphatic carbocycles. The summed E-state index contributed by atoms with van der Waals surface area (Å²) in [7, 11) is 0. The van der Waals surface area contributed by atoms with Crippen LogP contribution in [0.5, 0.6) is 0 Å². The lowest BCUT2D eigenvalue weighted by atomic mass is 10.1. The molecule has 0 aliphatic rings. The molecule has 0 atom stereocenters. The highest BCUT2D eigenvalue weighted by molar-refractivity contribution is 5.42. The molecule has 3 heteroatoms. The minimum Gasteiger partial charge on any atom is -0.235 e. The molecule has 0 saturated carbocycles. The molecular formula is C11H15N3. The van der Waals surface area contributed by atoms with Crippen LogP contribution >= 0.6 is 0 Å². The zero-order valence-electron chi connectivity index (χ0n) is 9.07. The van der Waals surface area contributed by atoms with Gasteiger partial charge in [0.1, 0.15) is 0 Å². The normalized spacial score (nSPS) is 11.5. The first-order valence-electron chi connectivity index (χ1n) is 4.91. The highest BCUT2D eigenvalue weighted by Crippen LogP contribution is 2.16. The van der Waals surface area contributed by atoms with Crippen molar-refractivity contribution in [2.75, 3.05) is 0 Å². The minimum atomic E-state index is 0.458. The van der Waals surface area contributed by atoms with Gasteiger partial charge in [-0.05, 0) is 31.4 Å². The summed E-state index contributed by atoms with van der Waals surface area (Å²) in [5.41, 5.74) is 4.37. The predicted molar refractivity (Wildman–Crippen MR) is 56.6 cm³/mol. The molecule has 2 rings (SSSR count). The van der Waals surface area contributed by atoms with Gasteiger partial charge in [0.05, 0.1) is 17.6 Å². The lowest BCUT2D eigenvalue weighted by Crippen LogP contribution is -2.02. The Kier molecular flexibility index (Phi) is 2.02. The van der Waals surface area contributed by atoms with Crippen LogP contribution in [0, 0.1) is 13.8 Å². The van der Waals surface area contributed by atoms with Gasteiger partial charge in [-0.3, -0.25) is 0 Å². The second kappa shape index (κ2) is 3.08. The van der Waals surface area contributed by atoms with Gasteiger partial charge in [0.15, 0.2) is 5.65 Å². The van der Waals surface area contributed by atoms with Crippen molar-refractivity contribution < 1.29 is 0 Å². The number of aromatic nitrogens is 3. The van der Waals surface area contributed by atoms with Crippen molar-refractivity contribution in [3.05, 3.63) is 29.2 Å². The Morgan fingerprint density at radius 2 is 2.00 bits per heavy atom. The summed E-state index contributed by atoms with van der Waals surface area (Å²) in [6.07, 6.45) is 1.91. The summed E-state index contributed by atoms with van der Waals surface area (Å²) in [4.78, 5) is 4.34. The molecule has 0 spiro atoms. The van der Waals surface area contributed by atoms with Crippen molar-refractivity contribution in [3.63, 3.8) is 0 Å². The van der Waals surface area contributed by atoms with Crippen LogP contribution < -0.4 is 0 Å². The molecule has 0 amide bonds. The number of hydrogen-bond donors (Lipinski definition) is 0. The van der Waals surface area contributed by atoms with Gasteiger partial charge in [-0.1, -0.05) is 13.8 Å². The van der Waals surface area contributed by atoms with Crippen LogP contribution in [-0.4, -0.2) is 14.6 Å². The van der Waals surface area contributed by atoms with E-state index in [1.807, 2.05) is 17.6 Å². The van der Waals surface area contributed by atoms with E-state index in [0.29, 0.717) is 5.92 Å². The number of rotatable bonds is 1. The van der Waals surface area contributed by atoms with Gasteiger partial charge in [-0.2, -0.15) is 5.10 Å². The number of imidazole rings is 1. The summed E-state index contributed by atoms with van der Waals surface area (Å²) in [6, 6.07) is 2.08. The Balaban J connectivity index is 2.74. The molecule has 2 aromatic rings. The van der Waals surface area contributed by atoms with E-state index in [1.54, 1.807) is 0 Å². The van der Waals surface area contributed by atoms with E-state index in [-0.39, 0.29) is 0 Å². The Hall–Kier alpha value is -1.38. The maximum atomic E-state index is 4.51. The van der Waals surface area contributed by atoms with Crippen LogP contribution in [0.15, 0.2) is 12.3 Å². The first kappa shape index (κ1) is 9.19. The second-order valence-electron chi connectivity index (χ2n) is 4.02. The molecule has 2 heterocycles. The van der Waals surface area contributed by atoms with E-state index >= 15 is 0 Å². The molecule has 74 valence electrons. The molecule has 0 saturated heterocycles. The third kappa shape index (κ3) is 1.29. The van der Waals surface area contributed by atoms with Crippen LogP contribution in [0.25, 0.3) is 5.65 Å². The first-order chi connectivity index (χ1) is 6.59. The Morgan fingerprint density at radius 3 is 2.64 bits per heavy atom. The van der Waals surface area contributed by atoms with Crippen LogP contribution in [-0.2, 0) is 0 Å². The van der Waals surface area contributed by atoms with E-state index in [9.17, 15) is 0 Å². The monoisotopic (exact) mass is 189 g/mol. The SMILES string of the molecule is Cc1cc2ncc(C(C)C)n2nc1C. The van der Waals surface area contributed by atoms with E-state index in [2.05, 4.69) is 36.9 Å². The second-order valence-corrected chi connectivity index (χ2v) is 4.02. The molecule has 0 fully saturated rings. The smallest absolute Gasteiger partial charge is 0.154 e. The Morgan fingerprint density at radius 1 is 1.29 bits per heavy atom. The maximum absolute atomic E-state index is 4.51. The van der Waals surface area contributed by atoms with Gasteiger partial charge in [0.25, 0.3) is 0 Å². The van der Waals surface area contributed by atoms with E-state index in [1.165, 1.54) is 11.3 Å². The molecule has 0 unspecified atom stereocenters. The van der Waals surface area contributed by atoms with Crippen molar-refractivity contribution in [2.45, 2.75) is 33.6 Å². The van der Waals surface area contributed by atoms with Crippen molar-refractivity contribution >= 4 is 5.65 Å². The van der Waals surface area contributed by atoms with Crippen LogP contribution in [0.1, 0.15) is 36.7 Å². The lowest BCUT2D eigenvalue weighted by Gasteiger charge is -2.05. The fourth-order valence-corrected chi connectivity index (χ4v) is 1.50. The van der Waals surface area contributed by atoms with Gasteiger partial charge < -0.3 is 0 Å². The fraction of sp³-hybridized carbons (Fsp3) is 0.455. The van der Waals surface area contributed by atoms with Crippen LogP contribution in [0.3, 0.4) is 0 Å². The van der Waals surface area contributed by atoms with E-state index < -0.39 is 0 Å². The van der Waals surface area contributed by atoms with E-state index in [0.717, 1.165) is 11.3 Å². The maximum Gasteiger partial charge on any atom is 0.154 e.